The van der Waals surface area contributed by atoms with Gasteiger partial charge in [0.1, 0.15) is 30.3 Å². The van der Waals surface area contributed by atoms with E-state index in [1.54, 1.807) is 0 Å². The molecular formula is C26H35N4OS+. The van der Waals surface area contributed by atoms with Gasteiger partial charge in [-0.2, -0.15) is 0 Å². The number of nitrogens with zero attached hydrogens (tertiary/aromatic N) is 2. The van der Waals surface area contributed by atoms with Gasteiger partial charge in [0.15, 0.2) is 5.82 Å². The van der Waals surface area contributed by atoms with Crippen LogP contribution in [0, 0.1) is 5.92 Å². The highest BCUT2D eigenvalue weighted by Gasteiger charge is 2.25. The Morgan fingerprint density at radius 3 is 2.59 bits per heavy atom. The number of hydrogen-bond donors (Lipinski definition) is 2. The van der Waals surface area contributed by atoms with E-state index in [2.05, 4.69) is 57.3 Å². The number of thiophene rings is 1. The summed E-state index contributed by atoms with van der Waals surface area (Å²) >= 11 is 1.89. The minimum Gasteiger partial charge on any atom is -0.370 e. The van der Waals surface area contributed by atoms with Crippen LogP contribution in [0.15, 0.2) is 24.3 Å². The molecule has 0 saturated carbocycles. The minimum atomic E-state index is 0.151. The van der Waals surface area contributed by atoms with Gasteiger partial charge in [-0.3, -0.25) is 0 Å². The first-order valence-electron chi connectivity index (χ1n) is 12.0. The zero-order valence-corrected chi connectivity index (χ0v) is 20.6. The Kier molecular flexibility index (Phi) is 5.95. The van der Waals surface area contributed by atoms with Crippen molar-refractivity contribution in [1.29, 1.82) is 0 Å². The van der Waals surface area contributed by atoms with Gasteiger partial charge in [0.2, 0.25) is 0 Å². The summed E-state index contributed by atoms with van der Waals surface area (Å²) in [5, 5.41) is 4.92. The number of benzene rings is 1. The molecule has 2 aliphatic rings. The molecule has 0 spiro atoms. The van der Waals surface area contributed by atoms with Crippen LogP contribution in [0.4, 0.5) is 11.5 Å². The molecule has 5 rings (SSSR count). The van der Waals surface area contributed by atoms with Crippen LogP contribution in [-0.2, 0) is 29.5 Å². The summed E-state index contributed by atoms with van der Waals surface area (Å²) in [7, 11) is 0. The van der Waals surface area contributed by atoms with Crippen molar-refractivity contribution in [3.05, 3.63) is 46.1 Å². The number of hydrogen-bond acceptors (Lipinski definition) is 5. The molecule has 3 heterocycles. The number of aryl methyl sites for hydroxylation is 1. The monoisotopic (exact) mass is 451 g/mol. The van der Waals surface area contributed by atoms with Crippen molar-refractivity contribution in [2.45, 2.75) is 58.9 Å². The number of anilines is 2. The number of ether oxygens (including phenoxy) is 1. The summed E-state index contributed by atoms with van der Waals surface area (Å²) in [6, 6.07) is 8.82. The predicted molar refractivity (Wildman–Crippen MR) is 132 cm³/mol. The van der Waals surface area contributed by atoms with E-state index >= 15 is 0 Å². The third kappa shape index (κ3) is 4.54. The van der Waals surface area contributed by atoms with Crippen molar-refractivity contribution in [2.24, 2.45) is 5.92 Å². The number of quaternary nitrogens is 1. The fourth-order valence-corrected chi connectivity index (χ4v) is 6.21. The quantitative estimate of drug-likeness (QED) is 0.622. The maximum atomic E-state index is 5.54. The van der Waals surface area contributed by atoms with Gasteiger partial charge in [0.25, 0.3) is 0 Å². The number of aromatic nitrogens is 2. The molecule has 0 unspecified atom stereocenters. The molecule has 5 nitrogen and oxygen atoms in total. The molecule has 1 atom stereocenters. The van der Waals surface area contributed by atoms with Crippen molar-refractivity contribution in [2.75, 3.05) is 31.6 Å². The van der Waals surface area contributed by atoms with Crippen molar-refractivity contribution >= 4 is 33.1 Å². The molecule has 1 aliphatic carbocycles. The highest BCUT2D eigenvalue weighted by Crippen LogP contribution is 2.40. The second kappa shape index (κ2) is 8.73. The molecule has 0 radical (unpaired) electrons. The number of nitrogens with one attached hydrogen (secondary N) is 2. The molecule has 1 saturated heterocycles. The lowest BCUT2D eigenvalue weighted by atomic mass is 9.87. The van der Waals surface area contributed by atoms with E-state index < -0.39 is 0 Å². The lowest BCUT2D eigenvalue weighted by Crippen LogP contribution is -3.12. The molecule has 2 aromatic heterocycles. The van der Waals surface area contributed by atoms with Gasteiger partial charge in [-0.05, 0) is 53.9 Å². The maximum Gasteiger partial charge on any atom is 0.187 e. The summed E-state index contributed by atoms with van der Waals surface area (Å²) < 4.78 is 5.54. The molecule has 170 valence electrons. The van der Waals surface area contributed by atoms with E-state index in [1.807, 2.05) is 11.3 Å². The predicted octanol–water partition coefficient (Wildman–Crippen LogP) is 4.27. The first kappa shape index (κ1) is 21.8. The smallest absolute Gasteiger partial charge is 0.187 e. The first-order valence-corrected chi connectivity index (χ1v) is 12.8. The standard InChI is InChI=1S/C26H34N4OS/c1-17-5-10-20-21(15-17)32-25-23(20)24(27-19-8-6-18(7-9-19)26(2,3)4)28-22(29-25)16-30-11-13-31-14-12-30/h6-9,17H,5,10-16H2,1-4H3,(H,27,28,29)/p+1/t17-/m1/s1. The first-order chi connectivity index (χ1) is 15.4. The van der Waals surface area contributed by atoms with E-state index in [0.717, 1.165) is 67.3 Å². The Morgan fingerprint density at radius 2 is 1.88 bits per heavy atom. The minimum absolute atomic E-state index is 0.151. The van der Waals surface area contributed by atoms with Gasteiger partial charge >= 0.3 is 0 Å². The number of morpholine rings is 1. The van der Waals surface area contributed by atoms with Crippen LogP contribution >= 0.6 is 11.3 Å². The van der Waals surface area contributed by atoms with Crippen LogP contribution in [0.3, 0.4) is 0 Å². The Bertz CT molecular complexity index is 1090. The Balaban J connectivity index is 1.52. The molecule has 1 aromatic carbocycles. The lowest BCUT2D eigenvalue weighted by Gasteiger charge is -2.23. The summed E-state index contributed by atoms with van der Waals surface area (Å²) in [5.41, 5.74) is 4.06. The second-order valence-electron chi connectivity index (χ2n) is 10.5. The normalized spacial score (nSPS) is 19.8. The van der Waals surface area contributed by atoms with Gasteiger partial charge in [0.05, 0.1) is 18.6 Å². The summed E-state index contributed by atoms with van der Waals surface area (Å²) in [5.74, 6) is 2.67. The molecule has 0 bridgehead atoms. The molecule has 0 amide bonds. The van der Waals surface area contributed by atoms with Gasteiger partial charge in [-0.25, -0.2) is 9.97 Å². The number of fused-ring (bicyclic) bond motifs is 3. The van der Waals surface area contributed by atoms with Crippen LogP contribution in [0.2, 0.25) is 0 Å². The van der Waals surface area contributed by atoms with E-state index in [9.17, 15) is 0 Å². The zero-order valence-electron chi connectivity index (χ0n) is 19.8. The topological polar surface area (TPSA) is 51.5 Å². The molecule has 1 fully saturated rings. The van der Waals surface area contributed by atoms with E-state index in [-0.39, 0.29) is 5.41 Å². The van der Waals surface area contributed by atoms with Crippen LogP contribution in [-0.4, -0.2) is 36.3 Å². The molecule has 2 N–H and O–H groups in total. The highest BCUT2D eigenvalue weighted by atomic mass is 32.1. The van der Waals surface area contributed by atoms with Crippen LogP contribution in [0.25, 0.3) is 10.2 Å². The third-order valence-corrected chi connectivity index (χ3v) is 7.97. The third-order valence-electron chi connectivity index (χ3n) is 6.82. The van der Waals surface area contributed by atoms with Crippen LogP contribution < -0.4 is 10.2 Å². The Morgan fingerprint density at radius 1 is 1.12 bits per heavy atom. The van der Waals surface area contributed by atoms with Crippen LogP contribution in [0.1, 0.15) is 55.9 Å². The number of rotatable bonds is 4. The Hall–Kier alpha value is -2.02. The van der Waals surface area contributed by atoms with Crippen molar-refractivity contribution in [3.63, 3.8) is 0 Å². The zero-order chi connectivity index (χ0) is 22.3. The second-order valence-corrected chi connectivity index (χ2v) is 11.6. The lowest BCUT2D eigenvalue weighted by molar-refractivity contribution is -0.922. The van der Waals surface area contributed by atoms with Crippen molar-refractivity contribution in [1.82, 2.24) is 9.97 Å². The van der Waals surface area contributed by atoms with E-state index in [1.165, 1.54) is 39.1 Å². The fraction of sp³-hybridized carbons (Fsp3) is 0.538. The fourth-order valence-electron chi connectivity index (χ4n) is 4.81. The SMILES string of the molecule is C[C@@H]1CCc2c(sc3nc(C[NH+]4CCOCC4)nc(Nc4ccc(C(C)(C)C)cc4)c23)C1. The molecule has 1 aliphatic heterocycles. The largest absolute Gasteiger partial charge is 0.370 e. The van der Waals surface area contributed by atoms with Gasteiger partial charge < -0.3 is 15.0 Å². The average Bonchev–Trinajstić information content (AvgIpc) is 3.11. The van der Waals surface area contributed by atoms with Crippen molar-refractivity contribution < 1.29 is 9.64 Å². The summed E-state index contributed by atoms with van der Waals surface area (Å²) in [6.45, 7) is 13.7. The van der Waals surface area contributed by atoms with Gasteiger partial charge in [-0.1, -0.05) is 39.8 Å². The van der Waals surface area contributed by atoms with E-state index in [4.69, 9.17) is 14.7 Å². The summed E-state index contributed by atoms with van der Waals surface area (Å²) in [4.78, 5) is 14.3. The Labute approximate surface area is 195 Å². The van der Waals surface area contributed by atoms with Gasteiger partial charge in [0, 0.05) is 10.6 Å². The van der Waals surface area contributed by atoms with Gasteiger partial charge in [-0.15, -0.1) is 11.3 Å². The summed E-state index contributed by atoms with van der Waals surface area (Å²) in [6.07, 6.45) is 3.55. The molecular weight excluding hydrogens is 416 g/mol. The van der Waals surface area contributed by atoms with Crippen molar-refractivity contribution in [3.8, 4) is 0 Å². The highest BCUT2D eigenvalue weighted by molar-refractivity contribution is 7.19. The van der Waals surface area contributed by atoms with Crippen LogP contribution in [0.5, 0.6) is 0 Å². The molecule has 32 heavy (non-hydrogen) atoms. The average molecular weight is 452 g/mol. The molecule has 6 heteroatoms. The molecule has 3 aromatic rings. The van der Waals surface area contributed by atoms with E-state index in [0.29, 0.717) is 0 Å². The maximum absolute atomic E-state index is 5.54.